The highest BCUT2D eigenvalue weighted by atomic mass is 16.6. The number of carbonyl (C=O) groups excluding carboxylic acids is 1. The normalized spacial score (nSPS) is 18.1. The monoisotopic (exact) mass is 330 g/mol. The van der Waals surface area contributed by atoms with Crippen LogP contribution in [0.2, 0.25) is 0 Å². The molecule has 0 N–H and O–H groups in total. The lowest BCUT2D eigenvalue weighted by Gasteiger charge is -2.31. The zero-order chi connectivity index (χ0) is 17.5. The molecule has 0 saturated heterocycles. The molecular formula is C19H22O5. The van der Waals surface area contributed by atoms with Crippen LogP contribution in [0.25, 0.3) is 11.0 Å². The van der Waals surface area contributed by atoms with Crippen molar-refractivity contribution >= 4 is 16.9 Å². The van der Waals surface area contributed by atoms with Crippen molar-refractivity contribution in [2.45, 2.75) is 52.2 Å². The van der Waals surface area contributed by atoms with Crippen LogP contribution in [-0.4, -0.2) is 17.7 Å². The summed E-state index contributed by atoms with van der Waals surface area (Å²) in [4.78, 5) is 23.7. The van der Waals surface area contributed by atoms with E-state index >= 15 is 0 Å². The minimum Gasteiger partial charge on any atom is -0.485 e. The molecule has 5 heteroatoms. The first-order chi connectivity index (χ1) is 11.3. The molecule has 0 unspecified atom stereocenters. The number of benzene rings is 1. The Kier molecular flexibility index (Phi) is 4.11. The predicted molar refractivity (Wildman–Crippen MR) is 90.2 cm³/mol. The zero-order valence-electron chi connectivity index (χ0n) is 14.4. The van der Waals surface area contributed by atoms with E-state index < -0.39 is 5.60 Å². The first-order valence-corrected chi connectivity index (χ1v) is 8.27. The van der Waals surface area contributed by atoms with E-state index in [1.165, 1.54) is 6.07 Å². The molecule has 5 nitrogen and oxygen atoms in total. The summed E-state index contributed by atoms with van der Waals surface area (Å²) in [5.41, 5.74) is 0.234. The van der Waals surface area contributed by atoms with Gasteiger partial charge >= 0.3 is 11.6 Å². The van der Waals surface area contributed by atoms with Crippen molar-refractivity contribution in [3.05, 3.63) is 40.2 Å². The molecule has 0 bridgehead atoms. The first-order valence-electron chi connectivity index (χ1n) is 8.27. The van der Waals surface area contributed by atoms with Crippen molar-refractivity contribution in [3.63, 3.8) is 0 Å². The summed E-state index contributed by atoms with van der Waals surface area (Å²) in [6, 6.07) is 6.87. The van der Waals surface area contributed by atoms with Gasteiger partial charge in [0.2, 0.25) is 0 Å². The third kappa shape index (κ3) is 2.90. The van der Waals surface area contributed by atoms with E-state index in [9.17, 15) is 9.59 Å². The maximum Gasteiger partial charge on any atom is 0.336 e. The third-order valence-corrected chi connectivity index (χ3v) is 4.66. The van der Waals surface area contributed by atoms with E-state index in [0.29, 0.717) is 17.8 Å². The molecule has 128 valence electrons. The molecule has 0 amide bonds. The van der Waals surface area contributed by atoms with Gasteiger partial charge < -0.3 is 13.9 Å². The number of fused-ring (bicyclic) bond motifs is 3. The standard InChI is InChI=1S/C19H22O5/c1-5-11(2)18(21)24-19(3,4)15-10-13-14(22-15)8-6-12-7-9-16(20)23-17(12)13/h6-9,11,15H,5,10H2,1-4H3/t11-,15-/m0/s1. The van der Waals surface area contributed by atoms with E-state index in [1.807, 2.05) is 39.8 Å². The summed E-state index contributed by atoms with van der Waals surface area (Å²) in [5, 5.41) is 0.854. The molecule has 2 heterocycles. The summed E-state index contributed by atoms with van der Waals surface area (Å²) in [5.74, 6) is 0.305. The SMILES string of the molecule is CC[C@H](C)C(=O)OC(C)(C)[C@@H]1Cc2c(ccc3ccc(=O)oc23)O1. The van der Waals surface area contributed by atoms with Crippen LogP contribution >= 0.6 is 0 Å². The van der Waals surface area contributed by atoms with E-state index in [-0.39, 0.29) is 23.6 Å². The van der Waals surface area contributed by atoms with Crippen molar-refractivity contribution in [2.75, 3.05) is 0 Å². The number of hydrogen-bond donors (Lipinski definition) is 0. The van der Waals surface area contributed by atoms with Gasteiger partial charge in [0, 0.05) is 23.4 Å². The van der Waals surface area contributed by atoms with Crippen LogP contribution in [0, 0.1) is 5.92 Å². The third-order valence-electron chi connectivity index (χ3n) is 4.66. The molecule has 0 radical (unpaired) electrons. The minimum absolute atomic E-state index is 0.146. The lowest BCUT2D eigenvalue weighted by atomic mass is 9.95. The van der Waals surface area contributed by atoms with Crippen LogP contribution in [0.4, 0.5) is 0 Å². The van der Waals surface area contributed by atoms with Crippen LogP contribution in [-0.2, 0) is 16.0 Å². The van der Waals surface area contributed by atoms with Crippen molar-refractivity contribution in [1.29, 1.82) is 0 Å². The van der Waals surface area contributed by atoms with Crippen LogP contribution in [0.5, 0.6) is 5.75 Å². The van der Waals surface area contributed by atoms with Crippen molar-refractivity contribution in [1.82, 2.24) is 0 Å². The molecule has 1 aromatic heterocycles. The molecular weight excluding hydrogens is 308 g/mol. The fourth-order valence-corrected chi connectivity index (χ4v) is 2.84. The molecule has 0 aliphatic carbocycles. The molecule has 1 aliphatic heterocycles. The van der Waals surface area contributed by atoms with Gasteiger partial charge in [-0.1, -0.05) is 13.8 Å². The second-order valence-electron chi connectivity index (χ2n) is 6.86. The lowest BCUT2D eigenvalue weighted by Crippen LogP contribution is -2.44. The molecule has 1 aromatic carbocycles. The minimum atomic E-state index is -0.777. The molecule has 0 fully saturated rings. The number of rotatable bonds is 4. The number of carbonyl (C=O) groups is 1. The fraction of sp³-hybridized carbons (Fsp3) is 0.474. The number of hydrogen-bond acceptors (Lipinski definition) is 5. The summed E-state index contributed by atoms with van der Waals surface area (Å²) in [6.07, 6.45) is 0.938. The Bertz CT molecular complexity index is 833. The Morgan fingerprint density at radius 2 is 2.04 bits per heavy atom. The van der Waals surface area contributed by atoms with Crippen LogP contribution in [0.3, 0.4) is 0 Å². The van der Waals surface area contributed by atoms with Gasteiger partial charge in [-0.25, -0.2) is 4.79 Å². The molecule has 24 heavy (non-hydrogen) atoms. The van der Waals surface area contributed by atoms with Crippen LogP contribution in [0.1, 0.15) is 39.7 Å². The van der Waals surface area contributed by atoms with Gasteiger partial charge in [0.25, 0.3) is 0 Å². The van der Waals surface area contributed by atoms with Gasteiger partial charge in [-0.3, -0.25) is 4.79 Å². The Morgan fingerprint density at radius 1 is 1.33 bits per heavy atom. The highest BCUT2D eigenvalue weighted by Gasteiger charge is 2.41. The second kappa shape index (κ2) is 5.96. The van der Waals surface area contributed by atoms with Gasteiger partial charge in [0.05, 0.1) is 5.92 Å². The quantitative estimate of drug-likeness (QED) is 0.634. The van der Waals surface area contributed by atoms with Crippen molar-refractivity contribution in [2.24, 2.45) is 5.92 Å². The largest absolute Gasteiger partial charge is 0.485 e. The summed E-state index contributed by atoms with van der Waals surface area (Å²) in [6.45, 7) is 7.50. The maximum absolute atomic E-state index is 12.1. The van der Waals surface area contributed by atoms with E-state index in [1.54, 1.807) is 6.07 Å². The molecule has 1 aliphatic rings. The number of esters is 1. The molecule has 3 rings (SSSR count). The topological polar surface area (TPSA) is 65.7 Å². The van der Waals surface area contributed by atoms with Crippen LogP contribution < -0.4 is 10.4 Å². The Balaban J connectivity index is 1.88. The zero-order valence-corrected chi connectivity index (χ0v) is 14.4. The predicted octanol–water partition coefficient (Wildman–Crippen LogP) is 3.46. The number of ether oxygens (including phenoxy) is 2. The summed E-state index contributed by atoms with van der Waals surface area (Å²) >= 11 is 0. The van der Waals surface area contributed by atoms with E-state index in [2.05, 4.69) is 0 Å². The first kappa shape index (κ1) is 16.6. The maximum atomic E-state index is 12.1. The molecule has 2 atom stereocenters. The summed E-state index contributed by atoms with van der Waals surface area (Å²) in [7, 11) is 0. The summed E-state index contributed by atoms with van der Waals surface area (Å²) < 4.78 is 17.0. The Labute approximate surface area is 140 Å². The average molecular weight is 330 g/mol. The molecule has 2 aromatic rings. The van der Waals surface area contributed by atoms with E-state index in [4.69, 9.17) is 13.9 Å². The molecule has 0 saturated carbocycles. The Morgan fingerprint density at radius 3 is 2.75 bits per heavy atom. The van der Waals surface area contributed by atoms with Gasteiger partial charge in [-0.2, -0.15) is 0 Å². The van der Waals surface area contributed by atoms with Gasteiger partial charge in [-0.05, 0) is 38.5 Å². The second-order valence-corrected chi connectivity index (χ2v) is 6.86. The Hall–Kier alpha value is -2.30. The fourth-order valence-electron chi connectivity index (χ4n) is 2.84. The van der Waals surface area contributed by atoms with Crippen molar-refractivity contribution < 1.29 is 18.7 Å². The smallest absolute Gasteiger partial charge is 0.336 e. The molecule has 0 spiro atoms. The lowest BCUT2D eigenvalue weighted by molar-refractivity contribution is -0.169. The average Bonchev–Trinajstić information content (AvgIpc) is 2.99. The van der Waals surface area contributed by atoms with Crippen LogP contribution in [0.15, 0.2) is 33.5 Å². The van der Waals surface area contributed by atoms with Gasteiger partial charge in [0.15, 0.2) is 0 Å². The van der Waals surface area contributed by atoms with Crippen molar-refractivity contribution in [3.8, 4) is 5.75 Å². The highest BCUT2D eigenvalue weighted by Crippen LogP contribution is 2.38. The van der Waals surface area contributed by atoms with Gasteiger partial charge in [0.1, 0.15) is 23.0 Å². The van der Waals surface area contributed by atoms with E-state index in [0.717, 1.165) is 17.4 Å². The highest BCUT2D eigenvalue weighted by molar-refractivity contribution is 5.82. The van der Waals surface area contributed by atoms with Gasteiger partial charge in [-0.15, -0.1) is 0 Å².